The fourth-order valence-corrected chi connectivity index (χ4v) is 2.72. The standard InChI is InChI=1S/C18H17NO2/c1-13-17(12-20)16-5-3-4-6-18(16)19(13)11-14-7-9-15(21-2)10-8-14/h3-10,12H,11H2,1-2H3. The third-order valence-corrected chi connectivity index (χ3v) is 3.90. The average molecular weight is 279 g/mol. The van der Waals surface area contributed by atoms with Gasteiger partial charge in [0.15, 0.2) is 6.29 Å². The number of ether oxygens (including phenoxy) is 1. The summed E-state index contributed by atoms with van der Waals surface area (Å²) in [6.07, 6.45) is 0.947. The van der Waals surface area contributed by atoms with E-state index >= 15 is 0 Å². The summed E-state index contributed by atoms with van der Waals surface area (Å²) in [6, 6.07) is 16.0. The Bertz CT molecular complexity index is 785. The number of benzene rings is 2. The van der Waals surface area contributed by atoms with Crippen molar-refractivity contribution in [3.05, 3.63) is 65.4 Å². The number of para-hydroxylation sites is 1. The van der Waals surface area contributed by atoms with Crippen molar-refractivity contribution in [3.63, 3.8) is 0 Å². The van der Waals surface area contributed by atoms with Gasteiger partial charge in [0, 0.05) is 28.7 Å². The van der Waals surface area contributed by atoms with E-state index in [2.05, 4.69) is 10.6 Å². The number of fused-ring (bicyclic) bond motifs is 1. The van der Waals surface area contributed by atoms with Crippen LogP contribution < -0.4 is 4.74 Å². The quantitative estimate of drug-likeness (QED) is 0.680. The highest BCUT2D eigenvalue weighted by atomic mass is 16.5. The van der Waals surface area contributed by atoms with Crippen LogP contribution in [-0.2, 0) is 6.54 Å². The molecule has 0 aliphatic heterocycles. The molecule has 0 bridgehead atoms. The first kappa shape index (κ1) is 13.4. The summed E-state index contributed by atoms with van der Waals surface area (Å²) in [7, 11) is 1.66. The van der Waals surface area contributed by atoms with Gasteiger partial charge in [-0.15, -0.1) is 0 Å². The number of nitrogens with zero attached hydrogens (tertiary/aromatic N) is 1. The van der Waals surface area contributed by atoms with Crippen molar-refractivity contribution in [2.45, 2.75) is 13.5 Å². The van der Waals surface area contributed by atoms with Crippen LogP contribution in [-0.4, -0.2) is 18.0 Å². The first-order chi connectivity index (χ1) is 10.2. The molecule has 0 radical (unpaired) electrons. The Morgan fingerprint density at radius 2 is 1.81 bits per heavy atom. The normalized spacial score (nSPS) is 10.8. The second-order valence-corrected chi connectivity index (χ2v) is 5.07. The van der Waals surface area contributed by atoms with E-state index in [9.17, 15) is 4.79 Å². The van der Waals surface area contributed by atoms with Gasteiger partial charge in [-0.2, -0.15) is 0 Å². The molecule has 1 aromatic heterocycles. The summed E-state index contributed by atoms with van der Waals surface area (Å²) >= 11 is 0. The van der Waals surface area contributed by atoms with E-state index < -0.39 is 0 Å². The predicted molar refractivity (Wildman–Crippen MR) is 84.2 cm³/mol. The van der Waals surface area contributed by atoms with Crippen LogP contribution in [0.3, 0.4) is 0 Å². The minimum atomic E-state index is 0.740. The highest BCUT2D eigenvalue weighted by molar-refractivity contribution is 5.99. The molecule has 0 aliphatic rings. The molecule has 3 aromatic rings. The van der Waals surface area contributed by atoms with Crippen LogP contribution in [0.1, 0.15) is 21.6 Å². The lowest BCUT2D eigenvalue weighted by molar-refractivity contribution is 0.112. The number of methoxy groups -OCH3 is 1. The maximum atomic E-state index is 11.4. The Kier molecular flexibility index (Phi) is 3.48. The monoisotopic (exact) mass is 279 g/mol. The lowest BCUT2D eigenvalue weighted by Gasteiger charge is -2.09. The SMILES string of the molecule is COc1ccc(Cn2c(C)c(C=O)c3ccccc32)cc1. The lowest BCUT2D eigenvalue weighted by Crippen LogP contribution is -2.02. The smallest absolute Gasteiger partial charge is 0.152 e. The Hall–Kier alpha value is -2.55. The van der Waals surface area contributed by atoms with Gasteiger partial charge in [-0.3, -0.25) is 4.79 Å². The van der Waals surface area contributed by atoms with Crippen LogP contribution in [0.25, 0.3) is 10.9 Å². The van der Waals surface area contributed by atoms with Crippen molar-refractivity contribution in [1.82, 2.24) is 4.57 Å². The molecule has 2 aromatic carbocycles. The maximum Gasteiger partial charge on any atom is 0.152 e. The van der Waals surface area contributed by atoms with E-state index in [1.165, 1.54) is 5.56 Å². The summed E-state index contributed by atoms with van der Waals surface area (Å²) in [6.45, 7) is 2.73. The second-order valence-electron chi connectivity index (χ2n) is 5.07. The first-order valence-corrected chi connectivity index (χ1v) is 6.90. The second kappa shape index (κ2) is 5.44. The molecule has 1 heterocycles. The number of carbonyl (C=O) groups is 1. The Morgan fingerprint density at radius 1 is 1.10 bits per heavy atom. The molecule has 0 aliphatic carbocycles. The molecule has 0 saturated carbocycles. The Morgan fingerprint density at radius 3 is 2.48 bits per heavy atom. The van der Waals surface area contributed by atoms with Crippen LogP contribution >= 0.6 is 0 Å². The summed E-state index contributed by atoms with van der Waals surface area (Å²) in [4.78, 5) is 11.4. The van der Waals surface area contributed by atoms with Crippen LogP contribution in [0, 0.1) is 6.92 Å². The third-order valence-electron chi connectivity index (χ3n) is 3.90. The molecule has 3 rings (SSSR count). The maximum absolute atomic E-state index is 11.4. The molecule has 3 nitrogen and oxygen atoms in total. The van der Waals surface area contributed by atoms with Gasteiger partial charge in [0.2, 0.25) is 0 Å². The fourth-order valence-electron chi connectivity index (χ4n) is 2.72. The molecule has 21 heavy (non-hydrogen) atoms. The van der Waals surface area contributed by atoms with Crippen molar-refractivity contribution in [2.24, 2.45) is 0 Å². The Balaban J connectivity index is 2.07. The van der Waals surface area contributed by atoms with Crippen LogP contribution in [0.4, 0.5) is 0 Å². The van der Waals surface area contributed by atoms with Gasteiger partial charge in [0.25, 0.3) is 0 Å². The molecule has 0 atom stereocenters. The van der Waals surface area contributed by atoms with Crippen LogP contribution in [0.5, 0.6) is 5.75 Å². The van der Waals surface area contributed by atoms with Gasteiger partial charge in [0.05, 0.1) is 7.11 Å². The van der Waals surface area contributed by atoms with Gasteiger partial charge < -0.3 is 9.30 Å². The molecule has 106 valence electrons. The van der Waals surface area contributed by atoms with Crippen molar-refractivity contribution in [3.8, 4) is 5.75 Å². The minimum absolute atomic E-state index is 0.740. The van der Waals surface area contributed by atoms with Gasteiger partial charge in [-0.25, -0.2) is 0 Å². The van der Waals surface area contributed by atoms with Crippen LogP contribution in [0.15, 0.2) is 48.5 Å². The van der Waals surface area contributed by atoms with Gasteiger partial charge in [0.1, 0.15) is 5.75 Å². The molecule has 0 N–H and O–H groups in total. The van der Waals surface area contributed by atoms with E-state index in [0.717, 1.165) is 40.7 Å². The molecular formula is C18H17NO2. The first-order valence-electron chi connectivity index (χ1n) is 6.90. The molecule has 0 amide bonds. The van der Waals surface area contributed by atoms with Crippen molar-refractivity contribution in [1.29, 1.82) is 0 Å². The van der Waals surface area contributed by atoms with Gasteiger partial charge in [-0.1, -0.05) is 30.3 Å². The fraction of sp³-hybridized carbons (Fsp3) is 0.167. The highest BCUT2D eigenvalue weighted by Crippen LogP contribution is 2.25. The summed E-state index contributed by atoms with van der Waals surface area (Å²) in [5.74, 6) is 0.849. The molecule has 0 unspecified atom stereocenters. The van der Waals surface area contributed by atoms with E-state index in [-0.39, 0.29) is 0 Å². The molecule has 3 heteroatoms. The van der Waals surface area contributed by atoms with Crippen LogP contribution in [0.2, 0.25) is 0 Å². The summed E-state index contributed by atoms with van der Waals surface area (Å²) < 4.78 is 7.36. The Labute approximate surface area is 123 Å². The van der Waals surface area contributed by atoms with Crippen molar-refractivity contribution >= 4 is 17.2 Å². The zero-order chi connectivity index (χ0) is 14.8. The zero-order valence-electron chi connectivity index (χ0n) is 12.2. The third kappa shape index (κ3) is 2.31. The number of carbonyl (C=O) groups excluding carboxylic acids is 1. The van der Waals surface area contributed by atoms with E-state index in [1.54, 1.807) is 7.11 Å². The number of rotatable bonds is 4. The van der Waals surface area contributed by atoms with E-state index in [4.69, 9.17) is 4.74 Å². The largest absolute Gasteiger partial charge is 0.497 e. The minimum Gasteiger partial charge on any atom is -0.497 e. The van der Waals surface area contributed by atoms with E-state index in [0.29, 0.717) is 0 Å². The topological polar surface area (TPSA) is 31.2 Å². The highest BCUT2D eigenvalue weighted by Gasteiger charge is 2.13. The van der Waals surface area contributed by atoms with Crippen molar-refractivity contribution in [2.75, 3.05) is 7.11 Å². The molecule has 0 spiro atoms. The molecule has 0 saturated heterocycles. The average Bonchev–Trinajstić information content (AvgIpc) is 2.80. The molecular weight excluding hydrogens is 262 g/mol. The number of aromatic nitrogens is 1. The number of hydrogen-bond donors (Lipinski definition) is 0. The van der Waals surface area contributed by atoms with Crippen molar-refractivity contribution < 1.29 is 9.53 Å². The van der Waals surface area contributed by atoms with E-state index in [1.807, 2.05) is 49.4 Å². The van der Waals surface area contributed by atoms with Gasteiger partial charge >= 0.3 is 0 Å². The lowest BCUT2D eigenvalue weighted by atomic mass is 10.1. The predicted octanol–water partition coefficient (Wildman–Crippen LogP) is 3.82. The van der Waals surface area contributed by atoms with Gasteiger partial charge in [-0.05, 0) is 30.7 Å². The number of hydrogen-bond acceptors (Lipinski definition) is 2. The zero-order valence-corrected chi connectivity index (χ0v) is 12.2. The number of aldehydes is 1. The summed E-state index contributed by atoms with van der Waals surface area (Å²) in [5, 5.41) is 1.01. The molecule has 0 fully saturated rings. The summed E-state index contributed by atoms with van der Waals surface area (Å²) in [5.41, 5.74) is 4.05.